The second-order valence-electron chi connectivity index (χ2n) is 5.08. The summed E-state index contributed by atoms with van der Waals surface area (Å²) in [7, 11) is 0. The van der Waals surface area contributed by atoms with Crippen LogP contribution >= 0.6 is 23.2 Å². The average Bonchev–Trinajstić information content (AvgIpc) is 2.95. The lowest BCUT2D eigenvalue weighted by molar-refractivity contribution is 0.619. The Labute approximate surface area is 136 Å². The highest BCUT2D eigenvalue weighted by Crippen LogP contribution is 2.34. The lowest BCUT2D eigenvalue weighted by Crippen LogP contribution is -1.88. The van der Waals surface area contributed by atoms with Crippen LogP contribution in [0, 0.1) is 6.92 Å². The van der Waals surface area contributed by atoms with Gasteiger partial charge in [0, 0.05) is 5.39 Å². The third-order valence-electron chi connectivity index (χ3n) is 3.60. The summed E-state index contributed by atoms with van der Waals surface area (Å²) in [5, 5.41) is 1.84. The molecule has 0 fully saturated rings. The predicted molar refractivity (Wildman–Crippen MR) is 89.5 cm³/mol. The number of aromatic nitrogens is 2. The molecule has 0 aliphatic heterocycles. The van der Waals surface area contributed by atoms with E-state index in [4.69, 9.17) is 27.6 Å². The summed E-state index contributed by atoms with van der Waals surface area (Å²) in [5.41, 5.74) is 3.82. The number of nitrogens with zero attached hydrogens (tertiary/aromatic N) is 2. The Bertz CT molecular complexity index is 991. The first kappa shape index (κ1) is 13.6. The monoisotopic (exact) mass is 328 g/mol. The van der Waals surface area contributed by atoms with Crippen LogP contribution in [0.1, 0.15) is 5.56 Å². The number of oxazole rings is 1. The summed E-state index contributed by atoms with van der Waals surface area (Å²) in [6, 6.07) is 13.4. The zero-order valence-corrected chi connectivity index (χ0v) is 13.1. The Morgan fingerprint density at radius 2 is 1.82 bits per heavy atom. The van der Waals surface area contributed by atoms with Crippen molar-refractivity contribution in [1.29, 1.82) is 0 Å². The van der Waals surface area contributed by atoms with Gasteiger partial charge in [0.1, 0.15) is 10.7 Å². The van der Waals surface area contributed by atoms with Gasteiger partial charge in [-0.2, -0.15) is 0 Å². The first-order valence-corrected chi connectivity index (χ1v) is 7.50. The van der Waals surface area contributed by atoms with Gasteiger partial charge in [0.25, 0.3) is 0 Å². The average molecular weight is 329 g/mol. The normalized spacial score (nSPS) is 11.4. The van der Waals surface area contributed by atoms with Gasteiger partial charge in [-0.15, -0.1) is 0 Å². The van der Waals surface area contributed by atoms with E-state index in [0.717, 1.165) is 22.0 Å². The van der Waals surface area contributed by atoms with Crippen LogP contribution in [0.3, 0.4) is 0 Å². The molecule has 2 heterocycles. The summed E-state index contributed by atoms with van der Waals surface area (Å²) in [4.78, 5) is 8.88. The minimum absolute atomic E-state index is 0.326. The van der Waals surface area contributed by atoms with Crippen LogP contribution in [-0.2, 0) is 0 Å². The highest BCUT2D eigenvalue weighted by molar-refractivity contribution is 6.37. The Hall–Kier alpha value is -2.10. The standard InChI is InChI=1S/C17H10Cl2N2O/c1-9-6-7-10-8-11(16(19)21-15(10)14(9)18)17-20-12-4-2-3-5-13(12)22-17/h2-8H,1H3. The Morgan fingerprint density at radius 1 is 1.00 bits per heavy atom. The summed E-state index contributed by atoms with van der Waals surface area (Å²) < 4.78 is 5.77. The summed E-state index contributed by atoms with van der Waals surface area (Å²) in [5.74, 6) is 0.456. The van der Waals surface area contributed by atoms with Crippen molar-refractivity contribution in [2.75, 3.05) is 0 Å². The molecule has 5 heteroatoms. The molecule has 0 aliphatic carbocycles. The zero-order chi connectivity index (χ0) is 15.3. The number of hydrogen-bond acceptors (Lipinski definition) is 3. The quantitative estimate of drug-likeness (QED) is 0.423. The van der Waals surface area contributed by atoms with E-state index >= 15 is 0 Å². The fourth-order valence-corrected chi connectivity index (χ4v) is 2.86. The van der Waals surface area contributed by atoms with E-state index in [0.29, 0.717) is 27.1 Å². The van der Waals surface area contributed by atoms with Crippen LogP contribution in [0.15, 0.2) is 46.9 Å². The topological polar surface area (TPSA) is 38.9 Å². The van der Waals surface area contributed by atoms with E-state index in [-0.39, 0.29) is 0 Å². The Morgan fingerprint density at radius 3 is 2.64 bits per heavy atom. The van der Waals surface area contributed by atoms with Crippen LogP contribution in [0.5, 0.6) is 0 Å². The van der Waals surface area contributed by atoms with Crippen molar-refractivity contribution >= 4 is 45.2 Å². The number of rotatable bonds is 1. The highest BCUT2D eigenvalue weighted by Gasteiger charge is 2.15. The van der Waals surface area contributed by atoms with Gasteiger partial charge in [-0.05, 0) is 30.7 Å². The molecule has 108 valence electrons. The van der Waals surface area contributed by atoms with Crippen LogP contribution < -0.4 is 0 Å². The molecule has 2 aromatic carbocycles. The van der Waals surface area contributed by atoms with E-state index < -0.39 is 0 Å². The van der Waals surface area contributed by atoms with E-state index in [1.165, 1.54) is 0 Å². The molecule has 0 N–H and O–H groups in total. The summed E-state index contributed by atoms with van der Waals surface area (Å²) in [6.45, 7) is 1.94. The van der Waals surface area contributed by atoms with Crippen molar-refractivity contribution in [3.8, 4) is 11.5 Å². The van der Waals surface area contributed by atoms with Crippen LogP contribution in [0.25, 0.3) is 33.5 Å². The zero-order valence-electron chi connectivity index (χ0n) is 11.6. The maximum Gasteiger partial charge on any atom is 0.230 e. The van der Waals surface area contributed by atoms with E-state index in [2.05, 4.69) is 9.97 Å². The number of fused-ring (bicyclic) bond motifs is 2. The molecular formula is C17H10Cl2N2O. The lowest BCUT2D eigenvalue weighted by atomic mass is 10.1. The SMILES string of the molecule is Cc1ccc2cc(-c3nc4ccccc4o3)c(Cl)nc2c1Cl. The van der Waals surface area contributed by atoms with Crippen LogP contribution in [0.4, 0.5) is 0 Å². The van der Waals surface area contributed by atoms with Crippen molar-refractivity contribution in [3.05, 3.63) is 58.2 Å². The van der Waals surface area contributed by atoms with E-state index in [1.54, 1.807) is 0 Å². The van der Waals surface area contributed by atoms with Crippen molar-refractivity contribution in [2.24, 2.45) is 0 Å². The summed E-state index contributed by atoms with van der Waals surface area (Å²) in [6.07, 6.45) is 0. The van der Waals surface area contributed by atoms with Gasteiger partial charge in [0.15, 0.2) is 5.58 Å². The first-order valence-electron chi connectivity index (χ1n) is 6.75. The van der Waals surface area contributed by atoms with Gasteiger partial charge in [-0.1, -0.05) is 47.5 Å². The number of hydrogen-bond donors (Lipinski definition) is 0. The molecule has 0 spiro atoms. The van der Waals surface area contributed by atoms with Crippen molar-refractivity contribution in [2.45, 2.75) is 6.92 Å². The molecular weight excluding hydrogens is 319 g/mol. The molecule has 0 saturated heterocycles. The van der Waals surface area contributed by atoms with Crippen LogP contribution in [-0.4, -0.2) is 9.97 Å². The molecule has 2 aromatic heterocycles. The molecule has 22 heavy (non-hydrogen) atoms. The molecule has 0 amide bonds. The van der Waals surface area contributed by atoms with Gasteiger partial charge < -0.3 is 4.42 Å². The minimum atomic E-state index is 0.326. The molecule has 0 saturated carbocycles. The maximum absolute atomic E-state index is 6.32. The number of para-hydroxylation sites is 2. The molecule has 0 atom stereocenters. The third kappa shape index (κ3) is 2.05. The molecule has 0 bridgehead atoms. The molecule has 0 aliphatic rings. The lowest BCUT2D eigenvalue weighted by Gasteiger charge is -2.06. The third-order valence-corrected chi connectivity index (χ3v) is 4.36. The molecule has 0 unspecified atom stereocenters. The van der Waals surface area contributed by atoms with Crippen molar-refractivity contribution < 1.29 is 4.42 Å². The molecule has 3 nitrogen and oxygen atoms in total. The fraction of sp³-hybridized carbons (Fsp3) is 0.0588. The van der Waals surface area contributed by atoms with Gasteiger partial charge in [-0.3, -0.25) is 0 Å². The summed E-state index contributed by atoms with van der Waals surface area (Å²) >= 11 is 12.6. The van der Waals surface area contributed by atoms with E-state index in [9.17, 15) is 0 Å². The Balaban J connectivity index is 1.98. The van der Waals surface area contributed by atoms with Gasteiger partial charge >= 0.3 is 0 Å². The predicted octanol–water partition coefficient (Wildman–Crippen LogP) is 5.66. The van der Waals surface area contributed by atoms with Crippen molar-refractivity contribution in [3.63, 3.8) is 0 Å². The van der Waals surface area contributed by atoms with E-state index in [1.807, 2.05) is 49.4 Å². The minimum Gasteiger partial charge on any atom is -0.436 e. The van der Waals surface area contributed by atoms with Gasteiger partial charge in [0.2, 0.25) is 5.89 Å². The fourth-order valence-electron chi connectivity index (χ4n) is 2.42. The van der Waals surface area contributed by atoms with Gasteiger partial charge in [0.05, 0.1) is 16.1 Å². The molecule has 4 rings (SSSR count). The molecule has 0 radical (unpaired) electrons. The number of aryl methyl sites for hydroxylation is 1. The highest BCUT2D eigenvalue weighted by atomic mass is 35.5. The first-order chi connectivity index (χ1) is 10.6. The second kappa shape index (κ2) is 4.97. The van der Waals surface area contributed by atoms with Crippen LogP contribution in [0.2, 0.25) is 10.2 Å². The Kier molecular flexibility index (Phi) is 3.06. The number of halogens is 2. The maximum atomic E-state index is 6.32. The van der Waals surface area contributed by atoms with Gasteiger partial charge in [-0.25, -0.2) is 9.97 Å². The number of benzene rings is 2. The largest absolute Gasteiger partial charge is 0.436 e. The number of pyridine rings is 1. The smallest absolute Gasteiger partial charge is 0.230 e. The molecule has 4 aromatic rings. The van der Waals surface area contributed by atoms with Crippen molar-refractivity contribution in [1.82, 2.24) is 9.97 Å². The second-order valence-corrected chi connectivity index (χ2v) is 5.82.